The summed E-state index contributed by atoms with van der Waals surface area (Å²) in [5.74, 6) is 2.29. The molecule has 37 heavy (non-hydrogen) atoms. The summed E-state index contributed by atoms with van der Waals surface area (Å²) in [5.41, 5.74) is 5.12. The van der Waals surface area contributed by atoms with Gasteiger partial charge in [0.25, 0.3) is 0 Å². The number of aliphatic hydroxyl groups is 1. The molecular formula is C32H38N4O. The number of hydrogen-bond donors (Lipinski definition) is 2. The molecule has 2 fully saturated rings. The zero-order valence-corrected chi connectivity index (χ0v) is 21.8. The Morgan fingerprint density at radius 2 is 1.84 bits per heavy atom. The summed E-state index contributed by atoms with van der Waals surface area (Å²) in [6.45, 7) is 4.00. The van der Waals surface area contributed by atoms with Gasteiger partial charge in [-0.25, -0.2) is 4.98 Å². The largest absolute Gasteiger partial charge is 0.389 e. The molecule has 192 valence electrons. The first-order valence-corrected chi connectivity index (χ1v) is 13.8. The topological polar surface area (TPSA) is 72.2 Å². The van der Waals surface area contributed by atoms with E-state index in [-0.39, 0.29) is 0 Å². The third kappa shape index (κ3) is 6.32. The highest BCUT2D eigenvalue weighted by Crippen LogP contribution is 2.35. The lowest BCUT2D eigenvalue weighted by Crippen LogP contribution is -2.39. The fourth-order valence-corrected chi connectivity index (χ4v) is 6.20. The maximum atomic E-state index is 9.99. The molecule has 0 spiro atoms. The maximum Gasteiger partial charge on any atom is 0.126 e. The number of aromatic nitrogens is 1. The lowest BCUT2D eigenvalue weighted by Gasteiger charge is -2.39. The number of benzene rings is 2. The average Bonchev–Trinajstić information content (AvgIpc) is 2.94. The number of rotatable bonds is 7. The summed E-state index contributed by atoms with van der Waals surface area (Å²) in [4.78, 5) is 7.18. The molecule has 2 aromatic carbocycles. The molecule has 0 bridgehead atoms. The molecule has 0 unspecified atom stereocenters. The van der Waals surface area contributed by atoms with Gasteiger partial charge in [-0.05, 0) is 110 Å². The van der Waals surface area contributed by atoms with Gasteiger partial charge in [0.05, 0.1) is 17.7 Å². The second-order valence-electron chi connectivity index (χ2n) is 10.9. The van der Waals surface area contributed by atoms with Gasteiger partial charge in [0, 0.05) is 31.0 Å². The molecule has 5 heteroatoms. The van der Waals surface area contributed by atoms with Crippen LogP contribution in [0.1, 0.15) is 69.1 Å². The summed E-state index contributed by atoms with van der Waals surface area (Å²) >= 11 is 0. The standard InChI is InChI=1S/C32H38N4O/c1-23(37)26-8-4-9-27(19-26)28-15-16-34-32(20-28)35-31-10-3-2-7-29(31)18-25-6-5-17-36(22-25)30-13-11-24(21-33)12-14-30/h4,8-9,11-16,19-20,23,25,29,31,37H,2-3,5-7,10,17-18,22H2,1H3,(H,34,35)/t23-,25+,29-,31+/m0/s1. The first kappa shape index (κ1) is 25.3. The number of aliphatic hydroxyl groups excluding tert-OH is 1. The highest BCUT2D eigenvalue weighted by molar-refractivity contribution is 5.67. The van der Waals surface area contributed by atoms with Gasteiger partial charge in [-0.2, -0.15) is 5.26 Å². The molecule has 5 rings (SSSR count). The van der Waals surface area contributed by atoms with Gasteiger partial charge >= 0.3 is 0 Å². The van der Waals surface area contributed by atoms with Crippen LogP contribution in [0.15, 0.2) is 66.9 Å². The molecule has 4 atom stereocenters. The van der Waals surface area contributed by atoms with E-state index >= 15 is 0 Å². The number of hydrogen-bond acceptors (Lipinski definition) is 5. The smallest absolute Gasteiger partial charge is 0.126 e. The molecule has 2 heterocycles. The fourth-order valence-electron chi connectivity index (χ4n) is 6.20. The Kier molecular flexibility index (Phi) is 8.06. The van der Waals surface area contributed by atoms with E-state index in [2.05, 4.69) is 51.6 Å². The van der Waals surface area contributed by atoms with Gasteiger partial charge in [-0.15, -0.1) is 0 Å². The normalized spacial score (nSPS) is 22.7. The number of anilines is 2. The quantitative estimate of drug-likeness (QED) is 0.372. The molecule has 0 radical (unpaired) electrons. The highest BCUT2D eigenvalue weighted by atomic mass is 16.3. The van der Waals surface area contributed by atoms with Gasteiger partial charge in [0.15, 0.2) is 0 Å². The predicted octanol–water partition coefficient (Wildman–Crippen LogP) is 6.95. The molecular weight excluding hydrogens is 456 g/mol. The van der Waals surface area contributed by atoms with Crippen molar-refractivity contribution >= 4 is 11.5 Å². The molecule has 1 aliphatic heterocycles. The Bertz CT molecular complexity index is 1220. The summed E-state index contributed by atoms with van der Waals surface area (Å²) < 4.78 is 0. The summed E-state index contributed by atoms with van der Waals surface area (Å²) in [5, 5.41) is 22.9. The SMILES string of the molecule is C[C@H](O)c1cccc(-c2ccnc(N[C@@H]3CCCC[C@H]3C[C@H]3CCCN(c4ccc(C#N)cc4)C3)c2)c1. The Hall–Kier alpha value is -3.36. The minimum absolute atomic E-state index is 0.450. The van der Waals surface area contributed by atoms with Crippen molar-refractivity contribution in [2.24, 2.45) is 11.8 Å². The van der Waals surface area contributed by atoms with Crippen molar-refractivity contribution in [3.63, 3.8) is 0 Å². The van der Waals surface area contributed by atoms with Crippen molar-refractivity contribution in [3.8, 4) is 17.2 Å². The fraction of sp³-hybridized carbons (Fsp3) is 0.438. The van der Waals surface area contributed by atoms with E-state index in [1.807, 2.05) is 36.5 Å². The first-order valence-electron chi connectivity index (χ1n) is 13.8. The molecule has 1 saturated carbocycles. The molecule has 2 aliphatic rings. The third-order valence-corrected chi connectivity index (χ3v) is 8.22. The minimum atomic E-state index is -0.477. The highest BCUT2D eigenvalue weighted by Gasteiger charge is 2.30. The first-order chi connectivity index (χ1) is 18.1. The third-order valence-electron chi connectivity index (χ3n) is 8.22. The van der Waals surface area contributed by atoms with Crippen molar-refractivity contribution in [3.05, 3.63) is 78.0 Å². The Labute approximate surface area is 221 Å². The number of nitrogens with zero attached hydrogens (tertiary/aromatic N) is 3. The maximum absolute atomic E-state index is 9.99. The van der Waals surface area contributed by atoms with E-state index in [1.54, 1.807) is 6.92 Å². The summed E-state index contributed by atoms with van der Waals surface area (Å²) in [7, 11) is 0. The Balaban J connectivity index is 1.25. The van der Waals surface area contributed by atoms with Crippen molar-refractivity contribution < 1.29 is 5.11 Å². The average molecular weight is 495 g/mol. The Morgan fingerprint density at radius 1 is 1.03 bits per heavy atom. The van der Waals surface area contributed by atoms with Crippen LogP contribution >= 0.6 is 0 Å². The summed E-state index contributed by atoms with van der Waals surface area (Å²) in [6.07, 6.45) is 10.2. The van der Waals surface area contributed by atoms with Crippen molar-refractivity contribution in [2.75, 3.05) is 23.3 Å². The van der Waals surface area contributed by atoms with Crippen LogP contribution in [-0.2, 0) is 0 Å². The van der Waals surface area contributed by atoms with E-state index in [0.717, 1.165) is 41.2 Å². The van der Waals surface area contributed by atoms with Crippen molar-refractivity contribution in [1.29, 1.82) is 5.26 Å². The second-order valence-corrected chi connectivity index (χ2v) is 10.9. The van der Waals surface area contributed by atoms with Crippen LogP contribution in [-0.4, -0.2) is 29.2 Å². The molecule has 3 aromatic rings. The molecule has 1 aromatic heterocycles. The van der Waals surface area contributed by atoms with Crippen LogP contribution in [0.4, 0.5) is 11.5 Å². The second kappa shape index (κ2) is 11.8. The zero-order chi connectivity index (χ0) is 25.6. The number of nitriles is 1. The predicted molar refractivity (Wildman–Crippen MR) is 150 cm³/mol. The number of pyridine rings is 1. The monoisotopic (exact) mass is 494 g/mol. The molecule has 0 amide bonds. The van der Waals surface area contributed by atoms with Gasteiger partial charge < -0.3 is 15.3 Å². The van der Waals surface area contributed by atoms with Crippen LogP contribution in [0.5, 0.6) is 0 Å². The van der Waals surface area contributed by atoms with Crippen LogP contribution < -0.4 is 10.2 Å². The minimum Gasteiger partial charge on any atom is -0.389 e. The van der Waals surface area contributed by atoms with Crippen molar-refractivity contribution in [2.45, 2.75) is 64.0 Å². The van der Waals surface area contributed by atoms with Crippen LogP contribution in [0, 0.1) is 23.2 Å². The number of nitrogens with one attached hydrogen (secondary N) is 1. The summed E-state index contributed by atoms with van der Waals surface area (Å²) in [6, 6.07) is 23.1. The molecule has 5 nitrogen and oxygen atoms in total. The van der Waals surface area contributed by atoms with Crippen LogP contribution in [0.3, 0.4) is 0 Å². The van der Waals surface area contributed by atoms with Crippen LogP contribution in [0.25, 0.3) is 11.1 Å². The molecule has 1 aliphatic carbocycles. The zero-order valence-electron chi connectivity index (χ0n) is 21.8. The van der Waals surface area contributed by atoms with E-state index in [9.17, 15) is 5.11 Å². The van der Waals surface area contributed by atoms with E-state index in [1.165, 1.54) is 50.6 Å². The van der Waals surface area contributed by atoms with E-state index in [4.69, 9.17) is 5.26 Å². The lowest BCUT2D eigenvalue weighted by molar-refractivity contribution is 0.199. The molecule has 2 N–H and O–H groups in total. The van der Waals surface area contributed by atoms with Gasteiger partial charge in [0.1, 0.15) is 5.82 Å². The van der Waals surface area contributed by atoms with Crippen molar-refractivity contribution in [1.82, 2.24) is 4.98 Å². The molecule has 1 saturated heterocycles. The van der Waals surface area contributed by atoms with Gasteiger partial charge in [0.2, 0.25) is 0 Å². The van der Waals surface area contributed by atoms with Crippen LogP contribution in [0.2, 0.25) is 0 Å². The van der Waals surface area contributed by atoms with Gasteiger partial charge in [-0.3, -0.25) is 0 Å². The lowest BCUT2D eigenvalue weighted by atomic mass is 9.77. The van der Waals surface area contributed by atoms with E-state index in [0.29, 0.717) is 17.9 Å². The Morgan fingerprint density at radius 3 is 2.65 bits per heavy atom. The number of piperidine rings is 1. The van der Waals surface area contributed by atoms with E-state index < -0.39 is 6.10 Å². The van der Waals surface area contributed by atoms with Gasteiger partial charge in [-0.1, -0.05) is 31.0 Å².